The SMILES string of the molecule is O=C1N(Cc2cnc(Cl)s2)c2ccccc2C12CC1=C3OCOC3CC=C1O2. The van der Waals surface area contributed by atoms with Gasteiger partial charge in [0, 0.05) is 35.1 Å². The molecule has 0 N–H and O–H groups in total. The van der Waals surface area contributed by atoms with E-state index in [1.54, 1.807) is 11.1 Å². The summed E-state index contributed by atoms with van der Waals surface area (Å²) in [6, 6.07) is 7.81. The fraction of sp³-hybridized carbons (Fsp3) is 0.300. The van der Waals surface area contributed by atoms with Gasteiger partial charge >= 0.3 is 0 Å². The van der Waals surface area contributed by atoms with Gasteiger partial charge in [0.05, 0.1) is 12.2 Å². The standard InChI is InChI=1S/C20H15ClN2O4S/c21-19-22-8-11(28-19)9-23-14-4-2-1-3-13(14)20(18(23)24)7-12-15(27-20)5-6-16-17(12)26-10-25-16/h1-5,8,16H,6-7,9-10H2. The van der Waals surface area contributed by atoms with Crippen molar-refractivity contribution in [3.8, 4) is 0 Å². The van der Waals surface area contributed by atoms with Crippen LogP contribution in [0.1, 0.15) is 23.3 Å². The summed E-state index contributed by atoms with van der Waals surface area (Å²) in [5.41, 5.74) is 1.64. The van der Waals surface area contributed by atoms with E-state index in [9.17, 15) is 4.79 Å². The van der Waals surface area contributed by atoms with Gasteiger partial charge in [-0.15, -0.1) is 11.3 Å². The first-order valence-corrected chi connectivity index (χ1v) is 10.2. The lowest BCUT2D eigenvalue weighted by Gasteiger charge is -2.23. The zero-order valence-electron chi connectivity index (χ0n) is 14.7. The van der Waals surface area contributed by atoms with Crippen molar-refractivity contribution in [3.63, 3.8) is 0 Å². The molecule has 3 aliphatic heterocycles. The zero-order valence-corrected chi connectivity index (χ0v) is 16.3. The number of hydrogen-bond acceptors (Lipinski definition) is 6. The van der Waals surface area contributed by atoms with Crippen LogP contribution >= 0.6 is 22.9 Å². The largest absolute Gasteiger partial charge is 0.472 e. The summed E-state index contributed by atoms with van der Waals surface area (Å²) < 4.78 is 18.2. The third-order valence-corrected chi connectivity index (χ3v) is 6.76. The van der Waals surface area contributed by atoms with Gasteiger partial charge in [-0.05, 0) is 12.1 Å². The fourth-order valence-corrected chi connectivity index (χ4v) is 5.41. The molecule has 1 aliphatic carbocycles. The Morgan fingerprint density at radius 3 is 3.11 bits per heavy atom. The quantitative estimate of drug-likeness (QED) is 0.746. The molecule has 2 saturated heterocycles. The Hall–Kier alpha value is -2.35. The van der Waals surface area contributed by atoms with Crippen molar-refractivity contribution < 1.29 is 19.0 Å². The van der Waals surface area contributed by atoms with E-state index in [4.69, 9.17) is 25.8 Å². The molecule has 28 heavy (non-hydrogen) atoms. The number of benzene rings is 1. The molecular weight excluding hydrogens is 400 g/mol. The summed E-state index contributed by atoms with van der Waals surface area (Å²) >= 11 is 7.35. The fourth-order valence-electron chi connectivity index (χ4n) is 4.45. The van der Waals surface area contributed by atoms with Crippen LogP contribution in [0.3, 0.4) is 0 Å². The van der Waals surface area contributed by atoms with Crippen molar-refractivity contribution in [2.45, 2.75) is 31.1 Å². The second-order valence-corrected chi connectivity index (χ2v) is 8.86. The van der Waals surface area contributed by atoms with Crippen LogP contribution in [0.2, 0.25) is 4.47 Å². The van der Waals surface area contributed by atoms with Crippen LogP contribution in [0.25, 0.3) is 0 Å². The molecule has 142 valence electrons. The highest BCUT2D eigenvalue weighted by Crippen LogP contribution is 2.55. The number of para-hydroxylation sites is 1. The number of carbonyl (C=O) groups is 1. The number of allylic oxidation sites excluding steroid dienone is 1. The average molecular weight is 415 g/mol. The number of thiazole rings is 1. The lowest BCUT2D eigenvalue weighted by molar-refractivity contribution is -0.135. The van der Waals surface area contributed by atoms with Crippen molar-refractivity contribution in [2.24, 2.45) is 0 Å². The Morgan fingerprint density at radius 1 is 1.36 bits per heavy atom. The third kappa shape index (κ3) is 2.18. The number of amides is 1. The van der Waals surface area contributed by atoms with E-state index >= 15 is 0 Å². The summed E-state index contributed by atoms with van der Waals surface area (Å²) in [6.45, 7) is 0.666. The molecule has 8 heteroatoms. The number of halogens is 1. The van der Waals surface area contributed by atoms with Gasteiger partial charge in [-0.2, -0.15) is 0 Å². The molecular formula is C20H15ClN2O4S. The van der Waals surface area contributed by atoms with Crippen LogP contribution in [0.4, 0.5) is 5.69 Å². The number of aromatic nitrogens is 1. The number of rotatable bonds is 2. The van der Waals surface area contributed by atoms with Gasteiger partial charge in [0.2, 0.25) is 5.60 Å². The first kappa shape index (κ1) is 16.6. The Balaban J connectivity index is 1.44. The van der Waals surface area contributed by atoms with Crippen molar-refractivity contribution in [2.75, 3.05) is 11.7 Å². The third-order valence-electron chi connectivity index (χ3n) is 5.66. The summed E-state index contributed by atoms with van der Waals surface area (Å²) in [6.07, 6.45) is 4.80. The van der Waals surface area contributed by atoms with Crippen LogP contribution in [0, 0.1) is 0 Å². The maximum absolute atomic E-state index is 13.7. The highest BCUT2D eigenvalue weighted by atomic mass is 35.5. The lowest BCUT2D eigenvalue weighted by atomic mass is 9.88. The molecule has 2 unspecified atom stereocenters. The Bertz CT molecular complexity index is 1080. The molecule has 1 aromatic carbocycles. The molecule has 1 spiro atoms. The summed E-state index contributed by atoms with van der Waals surface area (Å²) in [7, 11) is 0. The minimum absolute atomic E-state index is 0.0697. The molecule has 2 aromatic rings. The molecule has 6 nitrogen and oxygen atoms in total. The molecule has 2 atom stereocenters. The molecule has 0 bridgehead atoms. The second kappa shape index (κ2) is 5.83. The van der Waals surface area contributed by atoms with Crippen LogP contribution < -0.4 is 4.90 Å². The van der Waals surface area contributed by atoms with E-state index in [1.165, 1.54) is 11.3 Å². The highest BCUT2D eigenvalue weighted by molar-refractivity contribution is 7.15. The topological polar surface area (TPSA) is 60.9 Å². The second-order valence-electron chi connectivity index (χ2n) is 7.16. The van der Waals surface area contributed by atoms with Gasteiger partial charge in [-0.25, -0.2) is 4.98 Å². The molecule has 4 heterocycles. The summed E-state index contributed by atoms with van der Waals surface area (Å²) in [5, 5.41) is 0. The van der Waals surface area contributed by atoms with Gasteiger partial charge in [0.25, 0.3) is 5.91 Å². The Morgan fingerprint density at radius 2 is 2.25 bits per heavy atom. The smallest absolute Gasteiger partial charge is 0.276 e. The average Bonchev–Trinajstić information content (AvgIpc) is 3.45. The molecule has 2 fully saturated rings. The lowest BCUT2D eigenvalue weighted by Crippen LogP contribution is -2.39. The minimum atomic E-state index is -1.06. The van der Waals surface area contributed by atoms with Crippen LogP contribution in [0.5, 0.6) is 0 Å². The van der Waals surface area contributed by atoms with Gasteiger partial charge in [0.1, 0.15) is 17.6 Å². The van der Waals surface area contributed by atoms with Crippen LogP contribution in [-0.4, -0.2) is 23.8 Å². The maximum Gasteiger partial charge on any atom is 0.276 e. The molecule has 4 aliphatic rings. The van der Waals surface area contributed by atoms with E-state index in [0.29, 0.717) is 23.9 Å². The molecule has 0 saturated carbocycles. The summed E-state index contributed by atoms with van der Waals surface area (Å²) in [5.74, 6) is 1.48. The van der Waals surface area contributed by atoms with E-state index in [-0.39, 0.29) is 18.8 Å². The number of hydrogen-bond donors (Lipinski definition) is 0. The normalized spacial score (nSPS) is 27.5. The molecule has 1 aromatic heterocycles. The predicted octanol–water partition coefficient (Wildman–Crippen LogP) is 3.87. The highest BCUT2D eigenvalue weighted by Gasteiger charge is 2.59. The van der Waals surface area contributed by atoms with Crippen molar-refractivity contribution >= 4 is 34.5 Å². The number of nitrogens with zero attached hydrogens (tertiary/aromatic N) is 2. The number of ether oxygens (including phenoxy) is 3. The van der Waals surface area contributed by atoms with E-state index < -0.39 is 5.60 Å². The first-order valence-electron chi connectivity index (χ1n) is 9.04. The molecule has 1 amide bonds. The van der Waals surface area contributed by atoms with Crippen molar-refractivity contribution in [1.29, 1.82) is 0 Å². The monoisotopic (exact) mass is 414 g/mol. The number of anilines is 1. The van der Waals surface area contributed by atoms with Crippen molar-refractivity contribution in [1.82, 2.24) is 4.98 Å². The predicted molar refractivity (Wildman–Crippen MR) is 103 cm³/mol. The Labute approximate surface area is 170 Å². The number of fused-ring (bicyclic) bond motifs is 4. The van der Waals surface area contributed by atoms with Gasteiger partial charge < -0.3 is 19.1 Å². The van der Waals surface area contributed by atoms with E-state index in [0.717, 1.165) is 33.2 Å². The van der Waals surface area contributed by atoms with Gasteiger partial charge in [0.15, 0.2) is 11.3 Å². The molecule has 0 radical (unpaired) electrons. The molecule has 6 rings (SSSR count). The van der Waals surface area contributed by atoms with E-state index in [1.807, 2.05) is 30.3 Å². The van der Waals surface area contributed by atoms with E-state index in [2.05, 4.69) is 4.98 Å². The van der Waals surface area contributed by atoms with Crippen LogP contribution in [0.15, 0.2) is 53.6 Å². The van der Waals surface area contributed by atoms with Crippen LogP contribution in [-0.2, 0) is 31.2 Å². The number of carbonyl (C=O) groups excluding carboxylic acids is 1. The van der Waals surface area contributed by atoms with Crippen molar-refractivity contribution in [3.05, 3.63) is 68.5 Å². The maximum atomic E-state index is 13.7. The zero-order chi connectivity index (χ0) is 18.9. The first-order chi connectivity index (χ1) is 13.7. The minimum Gasteiger partial charge on any atom is -0.472 e. The summed E-state index contributed by atoms with van der Waals surface area (Å²) in [4.78, 5) is 20.5. The Kier molecular flexibility index (Phi) is 3.45. The van der Waals surface area contributed by atoms with Gasteiger partial charge in [-0.1, -0.05) is 29.8 Å². The van der Waals surface area contributed by atoms with Gasteiger partial charge in [-0.3, -0.25) is 4.79 Å².